The Balaban J connectivity index is 1.96. The van der Waals surface area contributed by atoms with E-state index in [-0.39, 0.29) is 6.10 Å². The molecule has 1 aliphatic heterocycles. The van der Waals surface area contributed by atoms with E-state index in [1.165, 1.54) is 0 Å². The van der Waals surface area contributed by atoms with Gasteiger partial charge in [-0.1, -0.05) is 19.9 Å². The second-order valence-electron chi connectivity index (χ2n) is 4.74. The lowest BCUT2D eigenvalue weighted by Gasteiger charge is -2.33. The van der Waals surface area contributed by atoms with Crippen molar-refractivity contribution in [2.45, 2.75) is 42.1 Å². The van der Waals surface area contributed by atoms with Crippen LogP contribution in [0, 0.1) is 0 Å². The Hall–Kier alpha value is -0.390. The van der Waals surface area contributed by atoms with Gasteiger partial charge in [-0.15, -0.1) is 0 Å². The van der Waals surface area contributed by atoms with E-state index in [4.69, 9.17) is 5.73 Å². The maximum absolute atomic E-state index is 10.3. The molecule has 1 aliphatic rings. The molecular formula is C13H20N2OS2. The Labute approximate surface area is 117 Å². The molecule has 100 valence electrons. The first-order valence-electron chi connectivity index (χ1n) is 6.22. The van der Waals surface area contributed by atoms with Crippen LogP contribution >= 0.6 is 23.5 Å². The van der Waals surface area contributed by atoms with Gasteiger partial charge in [-0.3, -0.25) is 0 Å². The molecule has 1 fully saturated rings. The zero-order chi connectivity index (χ0) is 13.1. The Kier molecular flexibility index (Phi) is 4.81. The number of pyridine rings is 1. The number of aliphatic hydroxyl groups excluding tert-OH is 1. The summed E-state index contributed by atoms with van der Waals surface area (Å²) in [5.74, 6) is 1.55. The van der Waals surface area contributed by atoms with Crippen LogP contribution in [0.1, 0.15) is 19.4 Å². The van der Waals surface area contributed by atoms with Gasteiger partial charge in [0.1, 0.15) is 5.82 Å². The number of hydrogen-bond acceptors (Lipinski definition) is 5. The van der Waals surface area contributed by atoms with Crippen molar-refractivity contribution in [3.63, 3.8) is 0 Å². The van der Waals surface area contributed by atoms with E-state index >= 15 is 0 Å². The van der Waals surface area contributed by atoms with Gasteiger partial charge in [0.05, 0.1) is 6.10 Å². The molecule has 1 aromatic rings. The van der Waals surface area contributed by atoms with Crippen LogP contribution in [0.3, 0.4) is 0 Å². The van der Waals surface area contributed by atoms with E-state index in [9.17, 15) is 5.11 Å². The first-order chi connectivity index (χ1) is 8.58. The summed E-state index contributed by atoms with van der Waals surface area (Å²) in [5, 5.41) is 11.9. The molecule has 4 atom stereocenters. The summed E-state index contributed by atoms with van der Waals surface area (Å²) in [6.45, 7) is 4.49. The molecule has 0 bridgehead atoms. The van der Waals surface area contributed by atoms with Crippen molar-refractivity contribution in [3.05, 3.63) is 23.9 Å². The third-order valence-electron chi connectivity index (χ3n) is 3.36. The van der Waals surface area contributed by atoms with E-state index in [0.29, 0.717) is 28.0 Å². The van der Waals surface area contributed by atoms with Gasteiger partial charge in [-0.25, -0.2) is 4.98 Å². The molecule has 2 rings (SSSR count). The highest BCUT2D eigenvalue weighted by Gasteiger charge is 2.30. The minimum atomic E-state index is -0.344. The number of hydrogen-bond donors (Lipinski definition) is 2. The normalized spacial score (nSPS) is 30.1. The summed E-state index contributed by atoms with van der Waals surface area (Å²) in [4.78, 5) is 4.06. The molecule has 5 heteroatoms. The SMILES string of the molecule is CC1SCC(C(O)Cc2cccnc2N)SC1C. The van der Waals surface area contributed by atoms with E-state index in [2.05, 4.69) is 18.8 Å². The second kappa shape index (κ2) is 6.17. The first kappa shape index (κ1) is 14.0. The Morgan fingerprint density at radius 1 is 1.50 bits per heavy atom. The van der Waals surface area contributed by atoms with Gasteiger partial charge in [0, 0.05) is 34.1 Å². The van der Waals surface area contributed by atoms with Crippen molar-refractivity contribution in [2.24, 2.45) is 0 Å². The predicted molar refractivity (Wildman–Crippen MR) is 81.1 cm³/mol. The van der Waals surface area contributed by atoms with Gasteiger partial charge in [0.15, 0.2) is 0 Å². The molecule has 0 spiro atoms. The maximum Gasteiger partial charge on any atom is 0.126 e. The van der Waals surface area contributed by atoms with Crippen molar-refractivity contribution in [1.29, 1.82) is 0 Å². The summed E-state index contributed by atoms with van der Waals surface area (Å²) < 4.78 is 0. The maximum atomic E-state index is 10.3. The van der Waals surface area contributed by atoms with E-state index < -0.39 is 0 Å². The molecule has 2 heterocycles. The number of nitrogens with two attached hydrogens (primary N) is 1. The highest BCUT2D eigenvalue weighted by atomic mass is 32.2. The molecule has 0 aromatic carbocycles. The Morgan fingerprint density at radius 2 is 2.28 bits per heavy atom. The third kappa shape index (κ3) is 3.33. The number of nitrogens with zero attached hydrogens (tertiary/aromatic N) is 1. The number of thioether (sulfide) groups is 2. The molecular weight excluding hydrogens is 264 g/mol. The number of nitrogen functional groups attached to an aromatic ring is 1. The zero-order valence-electron chi connectivity index (χ0n) is 10.7. The molecule has 0 saturated carbocycles. The van der Waals surface area contributed by atoms with E-state index in [1.54, 1.807) is 6.20 Å². The van der Waals surface area contributed by atoms with Gasteiger partial charge in [-0.2, -0.15) is 23.5 Å². The van der Waals surface area contributed by atoms with Crippen molar-refractivity contribution >= 4 is 29.3 Å². The van der Waals surface area contributed by atoms with Crippen LogP contribution in [-0.2, 0) is 6.42 Å². The molecule has 1 saturated heterocycles. The average Bonchev–Trinajstić information content (AvgIpc) is 2.35. The topological polar surface area (TPSA) is 59.1 Å². The molecule has 0 amide bonds. The fourth-order valence-corrected chi connectivity index (χ4v) is 5.00. The van der Waals surface area contributed by atoms with Gasteiger partial charge < -0.3 is 10.8 Å². The molecule has 0 radical (unpaired) electrons. The lowest BCUT2D eigenvalue weighted by molar-refractivity contribution is 0.177. The summed E-state index contributed by atoms with van der Waals surface area (Å²) in [6, 6.07) is 3.81. The Bertz CT molecular complexity index is 402. The van der Waals surface area contributed by atoms with Crippen molar-refractivity contribution < 1.29 is 5.11 Å². The van der Waals surface area contributed by atoms with Crippen LogP contribution in [-0.4, -0.2) is 37.7 Å². The summed E-state index contributed by atoms with van der Waals surface area (Å²) in [6.07, 6.45) is 1.93. The highest BCUT2D eigenvalue weighted by Crippen LogP contribution is 2.37. The van der Waals surface area contributed by atoms with Crippen LogP contribution in [0.4, 0.5) is 5.82 Å². The largest absolute Gasteiger partial charge is 0.392 e. The van der Waals surface area contributed by atoms with Crippen LogP contribution in [0.5, 0.6) is 0 Å². The lowest BCUT2D eigenvalue weighted by Crippen LogP contribution is -2.35. The minimum absolute atomic E-state index is 0.292. The fraction of sp³-hybridized carbons (Fsp3) is 0.615. The third-order valence-corrected chi connectivity index (χ3v) is 6.90. The predicted octanol–water partition coefficient (Wildman–Crippen LogP) is 2.19. The van der Waals surface area contributed by atoms with Crippen LogP contribution in [0.25, 0.3) is 0 Å². The van der Waals surface area contributed by atoms with Gasteiger partial charge in [-0.05, 0) is 11.6 Å². The van der Waals surface area contributed by atoms with Crippen LogP contribution in [0.2, 0.25) is 0 Å². The van der Waals surface area contributed by atoms with Gasteiger partial charge in [0.2, 0.25) is 0 Å². The van der Waals surface area contributed by atoms with Gasteiger partial charge >= 0.3 is 0 Å². The quantitative estimate of drug-likeness (QED) is 0.891. The monoisotopic (exact) mass is 284 g/mol. The summed E-state index contributed by atoms with van der Waals surface area (Å²) in [5.41, 5.74) is 6.76. The molecule has 1 aromatic heterocycles. The van der Waals surface area contributed by atoms with Crippen molar-refractivity contribution in [3.8, 4) is 0 Å². The number of aliphatic hydroxyl groups is 1. The number of anilines is 1. The molecule has 4 unspecified atom stereocenters. The number of rotatable bonds is 3. The lowest BCUT2D eigenvalue weighted by atomic mass is 10.1. The molecule has 3 N–H and O–H groups in total. The van der Waals surface area contributed by atoms with Crippen LogP contribution in [0.15, 0.2) is 18.3 Å². The smallest absolute Gasteiger partial charge is 0.126 e. The fourth-order valence-electron chi connectivity index (χ4n) is 1.99. The Morgan fingerprint density at radius 3 is 2.94 bits per heavy atom. The van der Waals surface area contributed by atoms with Crippen molar-refractivity contribution in [2.75, 3.05) is 11.5 Å². The second-order valence-corrected chi connectivity index (χ2v) is 7.77. The standard InChI is InChI=1S/C13H20N2OS2/c1-8-9(2)18-12(7-17-8)11(16)6-10-4-3-5-15-13(10)14/h3-5,8-9,11-12,16H,6-7H2,1-2H3,(H2,14,15). The van der Waals surface area contributed by atoms with Gasteiger partial charge in [0.25, 0.3) is 0 Å². The first-order valence-corrected chi connectivity index (χ1v) is 8.21. The molecule has 3 nitrogen and oxygen atoms in total. The highest BCUT2D eigenvalue weighted by molar-refractivity contribution is 8.07. The molecule has 0 aliphatic carbocycles. The molecule has 18 heavy (non-hydrogen) atoms. The van der Waals surface area contributed by atoms with E-state index in [0.717, 1.165) is 11.3 Å². The van der Waals surface area contributed by atoms with Crippen molar-refractivity contribution in [1.82, 2.24) is 4.98 Å². The van der Waals surface area contributed by atoms with Crippen LogP contribution < -0.4 is 5.73 Å². The zero-order valence-corrected chi connectivity index (χ0v) is 12.4. The summed E-state index contributed by atoms with van der Waals surface area (Å²) >= 11 is 3.85. The summed E-state index contributed by atoms with van der Waals surface area (Å²) in [7, 11) is 0. The minimum Gasteiger partial charge on any atom is -0.392 e. The average molecular weight is 284 g/mol. The number of aromatic nitrogens is 1. The van der Waals surface area contributed by atoms with E-state index in [1.807, 2.05) is 35.7 Å².